The highest BCUT2D eigenvalue weighted by Crippen LogP contribution is 2.04. The first-order chi connectivity index (χ1) is 11.0. The van der Waals surface area contributed by atoms with Gasteiger partial charge < -0.3 is 15.3 Å². The summed E-state index contributed by atoms with van der Waals surface area (Å²) in [4.78, 5) is 20.4. The van der Waals surface area contributed by atoms with Crippen molar-refractivity contribution in [3.05, 3.63) is 77.5 Å². The molecule has 0 saturated heterocycles. The number of carbonyl (C=O) groups is 2. The molecule has 0 unspecified atom stereocenters. The van der Waals surface area contributed by atoms with Crippen LogP contribution in [0.25, 0.3) is 6.08 Å². The molecule has 0 aliphatic carbocycles. The molecule has 0 aliphatic rings. The number of aliphatic hydroxyl groups is 1. The average Bonchev–Trinajstić information content (AvgIpc) is 2.55. The number of aliphatic carboxylic acids is 2. The molecule has 3 N–H and O–H groups in total. The highest BCUT2D eigenvalue weighted by molar-refractivity contribution is 5.89. The van der Waals surface area contributed by atoms with Crippen molar-refractivity contribution in [2.75, 3.05) is 0 Å². The van der Waals surface area contributed by atoms with E-state index >= 15 is 0 Å². The van der Waals surface area contributed by atoms with Crippen molar-refractivity contribution >= 4 is 18.0 Å². The van der Waals surface area contributed by atoms with Gasteiger partial charge in [0.1, 0.15) is 0 Å². The number of aryl methyl sites for hydroxylation is 1. The topological polar surface area (TPSA) is 94.8 Å². The molecule has 2 aromatic carbocycles. The second-order valence-electron chi connectivity index (χ2n) is 4.62. The lowest BCUT2D eigenvalue weighted by Crippen LogP contribution is -1.98. The van der Waals surface area contributed by atoms with E-state index in [0.717, 1.165) is 5.56 Å². The van der Waals surface area contributed by atoms with Crippen LogP contribution < -0.4 is 0 Å². The molecule has 0 amide bonds. The fourth-order valence-electron chi connectivity index (χ4n) is 1.66. The summed E-state index contributed by atoms with van der Waals surface area (Å²) in [7, 11) is 0. The highest BCUT2D eigenvalue weighted by atomic mass is 16.4. The smallest absolute Gasteiger partial charge is 0.370 e. The SMILES string of the molecule is O=C(O)C(O)=Cc1ccccc1.O=C(O)CCc1ccccc1. The van der Waals surface area contributed by atoms with Crippen LogP contribution in [-0.4, -0.2) is 27.3 Å². The molecule has 0 bridgehead atoms. The van der Waals surface area contributed by atoms with Crippen molar-refractivity contribution in [3.63, 3.8) is 0 Å². The van der Waals surface area contributed by atoms with E-state index in [1.165, 1.54) is 6.08 Å². The molecule has 0 spiro atoms. The zero-order valence-corrected chi connectivity index (χ0v) is 12.4. The Morgan fingerprint density at radius 3 is 1.83 bits per heavy atom. The molecule has 0 aliphatic heterocycles. The van der Waals surface area contributed by atoms with Crippen LogP contribution in [0.2, 0.25) is 0 Å². The summed E-state index contributed by atoms with van der Waals surface area (Å²) in [6.07, 6.45) is 2.03. The minimum Gasteiger partial charge on any atom is -0.502 e. The number of carboxylic acid groups (broad SMARTS) is 2. The lowest BCUT2D eigenvalue weighted by atomic mass is 10.1. The number of benzene rings is 2. The summed E-state index contributed by atoms with van der Waals surface area (Å²) in [5.41, 5.74) is 1.74. The molecule has 23 heavy (non-hydrogen) atoms. The molecule has 0 heterocycles. The molecule has 0 atom stereocenters. The molecule has 0 radical (unpaired) electrons. The van der Waals surface area contributed by atoms with E-state index in [1.807, 2.05) is 36.4 Å². The molecular formula is C18H18O5. The first kappa shape index (κ1) is 18.0. The van der Waals surface area contributed by atoms with E-state index in [1.54, 1.807) is 24.3 Å². The van der Waals surface area contributed by atoms with Crippen molar-refractivity contribution in [1.82, 2.24) is 0 Å². The Morgan fingerprint density at radius 1 is 0.826 bits per heavy atom. The summed E-state index contributed by atoms with van der Waals surface area (Å²) in [5, 5.41) is 25.5. The summed E-state index contributed by atoms with van der Waals surface area (Å²) < 4.78 is 0. The molecule has 5 heteroatoms. The van der Waals surface area contributed by atoms with Gasteiger partial charge in [0.25, 0.3) is 0 Å². The Morgan fingerprint density at radius 2 is 1.35 bits per heavy atom. The van der Waals surface area contributed by atoms with Crippen LogP contribution in [0.5, 0.6) is 0 Å². The van der Waals surface area contributed by atoms with Gasteiger partial charge >= 0.3 is 11.9 Å². The molecule has 0 aromatic heterocycles. The minimum absolute atomic E-state index is 0.212. The zero-order chi connectivity index (χ0) is 17.1. The Bertz CT molecular complexity index is 648. The molecule has 5 nitrogen and oxygen atoms in total. The predicted molar refractivity (Wildman–Crippen MR) is 87.1 cm³/mol. The van der Waals surface area contributed by atoms with E-state index in [0.29, 0.717) is 12.0 Å². The maximum absolute atomic E-state index is 10.2. The first-order valence-corrected chi connectivity index (χ1v) is 6.93. The number of hydrogen-bond donors (Lipinski definition) is 3. The second-order valence-corrected chi connectivity index (χ2v) is 4.62. The van der Waals surface area contributed by atoms with Gasteiger partial charge in [-0.3, -0.25) is 4.79 Å². The van der Waals surface area contributed by atoms with Crippen molar-refractivity contribution < 1.29 is 24.9 Å². The highest BCUT2D eigenvalue weighted by Gasteiger charge is 2.02. The molecule has 0 fully saturated rings. The molecule has 120 valence electrons. The second kappa shape index (κ2) is 9.78. The fourth-order valence-corrected chi connectivity index (χ4v) is 1.66. The lowest BCUT2D eigenvalue weighted by molar-refractivity contribution is -0.137. The third kappa shape index (κ3) is 8.06. The van der Waals surface area contributed by atoms with Crippen molar-refractivity contribution in [2.24, 2.45) is 0 Å². The van der Waals surface area contributed by atoms with E-state index in [9.17, 15) is 9.59 Å². The van der Waals surface area contributed by atoms with Gasteiger partial charge in [0.15, 0.2) is 0 Å². The number of rotatable bonds is 5. The van der Waals surface area contributed by atoms with E-state index in [-0.39, 0.29) is 6.42 Å². The zero-order valence-electron chi connectivity index (χ0n) is 12.4. The van der Waals surface area contributed by atoms with E-state index in [2.05, 4.69) is 0 Å². The van der Waals surface area contributed by atoms with Crippen molar-refractivity contribution in [2.45, 2.75) is 12.8 Å². The first-order valence-electron chi connectivity index (χ1n) is 6.93. The minimum atomic E-state index is -1.32. The van der Waals surface area contributed by atoms with Gasteiger partial charge in [-0.25, -0.2) is 4.79 Å². The van der Waals surface area contributed by atoms with Gasteiger partial charge in [-0.1, -0.05) is 60.7 Å². The predicted octanol–water partition coefficient (Wildman–Crippen LogP) is 3.37. The van der Waals surface area contributed by atoms with Gasteiger partial charge in [0.2, 0.25) is 5.76 Å². The maximum Gasteiger partial charge on any atom is 0.370 e. The lowest BCUT2D eigenvalue weighted by Gasteiger charge is -1.95. The summed E-state index contributed by atoms with van der Waals surface area (Å²) >= 11 is 0. The fraction of sp³-hybridized carbons (Fsp3) is 0.111. The van der Waals surface area contributed by atoms with Gasteiger partial charge in [0.05, 0.1) is 0 Å². The molecule has 2 rings (SSSR count). The van der Waals surface area contributed by atoms with E-state index < -0.39 is 17.7 Å². The average molecular weight is 314 g/mol. The van der Waals surface area contributed by atoms with E-state index in [4.69, 9.17) is 15.3 Å². The Hall–Kier alpha value is -3.08. The summed E-state index contributed by atoms with van der Waals surface area (Å²) in [5.74, 6) is -2.71. The van der Waals surface area contributed by atoms with Gasteiger partial charge in [0, 0.05) is 6.42 Å². The number of aliphatic hydroxyl groups excluding tert-OH is 1. The van der Waals surface area contributed by atoms with Crippen LogP contribution in [0.4, 0.5) is 0 Å². The number of hydrogen-bond acceptors (Lipinski definition) is 3. The monoisotopic (exact) mass is 314 g/mol. The van der Waals surface area contributed by atoms with Crippen LogP contribution in [0.1, 0.15) is 17.5 Å². The standard InChI is InChI=1S/C9H8O3.C9H10O2/c10-8(9(11)12)6-7-4-2-1-3-5-7;10-9(11)7-6-8-4-2-1-3-5-8/h1-6,10H,(H,11,12);1-5H,6-7H2,(H,10,11). The maximum atomic E-state index is 10.2. The quantitative estimate of drug-likeness (QED) is 0.581. The third-order valence-electron chi connectivity index (χ3n) is 2.79. The van der Waals surface area contributed by atoms with Crippen LogP contribution in [-0.2, 0) is 16.0 Å². The van der Waals surface area contributed by atoms with Gasteiger partial charge in [-0.05, 0) is 23.6 Å². The van der Waals surface area contributed by atoms with Crippen molar-refractivity contribution in [3.8, 4) is 0 Å². The van der Waals surface area contributed by atoms with Crippen LogP contribution in [0.15, 0.2) is 66.4 Å². The van der Waals surface area contributed by atoms with Gasteiger partial charge in [-0.2, -0.15) is 0 Å². The molecular weight excluding hydrogens is 296 g/mol. The normalized spacial score (nSPS) is 10.3. The summed E-state index contributed by atoms with van der Waals surface area (Å²) in [6.45, 7) is 0. The molecule has 2 aromatic rings. The van der Waals surface area contributed by atoms with Crippen molar-refractivity contribution in [1.29, 1.82) is 0 Å². The Kier molecular flexibility index (Phi) is 7.64. The van der Waals surface area contributed by atoms with Crippen LogP contribution >= 0.6 is 0 Å². The van der Waals surface area contributed by atoms with Crippen LogP contribution in [0, 0.1) is 0 Å². The Labute approximate surface area is 134 Å². The third-order valence-corrected chi connectivity index (χ3v) is 2.79. The Balaban J connectivity index is 0.000000231. The largest absolute Gasteiger partial charge is 0.502 e. The summed E-state index contributed by atoms with van der Waals surface area (Å²) in [6, 6.07) is 18.4. The van der Waals surface area contributed by atoms with Gasteiger partial charge in [-0.15, -0.1) is 0 Å². The number of carboxylic acids is 2. The molecule has 0 saturated carbocycles. The van der Waals surface area contributed by atoms with Crippen LogP contribution in [0.3, 0.4) is 0 Å².